The van der Waals surface area contributed by atoms with Gasteiger partial charge < -0.3 is 24.1 Å². The van der Waals surface area contributed by atoms with E-state index in [1.54, 1.807) is 23.9 Å². The summed E-state index contributed by atoms with van der Waals surface area (Å²) in [7, 11) is 2.83. The van der Waals surface area contributed by atoms with Crippen molar-refractivity contribution in [1.29, 1.82) is 0 Å². The number of methoxy groups -OCH3 is 2. The number of ether oxygens (including phenoxy) is 3. The predicted molar refractivity (Wildman–Crippen MR) is 113 cm³/mol. The van der Waals surface area contributed by atoms with Crippen LogP contribution < -0.4 is 14.8 Å². The molecule has 11 heteroatoms. The summed E-state index contributed by atoms with van der Waals surface area (Å²) in [5.74, 6) is -0.577. The van der Waals surface area contributed by atoms with Crippen molar-refractivity contribution in [2.75, 3.05) is 32.8 Å². The minimum atomic E-state index is -0.801. The molecule has 1 amide bonds. The second-order valence-corrected chi connectivity index (χ2v) is 6.58. The molecule has 0 saturated carbocycles. The van der Waals surface area contributed by atoms with Gasteiger partial charge in [0.1, 0.15) is 23.8 Å². The number of carbonyl (C=O) groups is 1. The van der Waals surface area contributed by atoms with E-state index in [9.17, 15) is 19.3 Å². The molecule has 0 fully saturated rings. The normalized spacial score (nSPS) is 10.6. The van der Waals surface area contributed by atoms with Gasteiger partial charge in [-0.15, -0.1) is 0 Å². The lowest BCUT2D eigenvalue weighted by molar-refractivity contribution is -0.385. The van der Waals surface area contributed by atoms with Gasteiger partial charge in [-0.25, -0.2) is 9.37 Å². The van der Waals surface area contributed by atoms with Gasteiger partial charge in [-0.1, -0.05) is 0 Å². The first-order valence-corrected chi connectivity index (χ1v) is 9.45. The lowest BCUT2D eigenvalue weighted by atomic mass is 10.1. The standard InChI is InChI=1S/C21H21FN4O6/c1-13-23-6-7-25(13)17-5-4-14(10-16(17)22)24-21(27)15-11-19(31-3)20(32-9-8-30-2)12-18(15)26(28)29/h4-7,10-12H,8-9H2,1-3H3,(H,24,27). The summed E-state index contributed by atoms with van der Waals surface area (Å²) in [6.45, 7) is 2.13. The Hall–Kier alpha value is -3.99. The van der Waals surface area contributed by atoms with Gasteiger partial charge in [0, 0.05) is 31.3 Å². The predicted octanol–water partition coefficient (Wildman–Crippen LogP) is 3.51. The Labute approximate surface area is 182 Å². The number of nitro benzene ring substituents is 1. The first kappa shape index (κ1) is 22.7. The maximum atomic E-state index is 14.6. The first-order chi connectivity index (χ1) is 15.3. The van der Waals surface area contributed by atoms with E-state index in [2.05, 4.69) is 10.3 Å². The molecule has 1 heterocycles. The minimum Gasteiger partial charge on any atom is -0.493 e. The van der Waals surface area contributed by atoms with Gasteiger partial charge in [0.15, 0.2) is 11.5 Å². The number of amides is 1. The van der Waals surface area contributed by atoms with Crippen molar-refractivity contribution in [3.05, 3.63) is 70.0 Å². The van der Waals surface area contributed by atoms with Crippen LogP contribution in [0.25, 0.3) is 5.69 Å². The number of nitro groups is 1. The summed E-state index contributed by atoms with van der Waals surface area (Å²) in [5.41, 5.74) is -0.367. The zero-order valence-corrected chi connectivity index (χ0v) is 17.6. The number of nitrogens with one attached hydrogen (secondary N) is 1. The van der Waals surface area contributed by atoms with Crippen LogP contribution in [0.5, 0.6) is 11.5 Å². The maximum Gasteiger partial charge on any atom is 0.286 e. The Bertz CT molecular complexity index is 1150. The van der Waals surface area contributed by atoms with Crippen LogP contribution in [0.15, 0.2) is 42.7 Å². The lowest BCUT2D eigenvalue weighted by Gasteiger charge is -2.13. The van der Waals surface area contributed by atoms with E-state index in [1.807, 2.05) is 0 Å². The Kier molecular flexibility index (Phi) is 7.00. The van der Waals surface area contributed by atoms with Crippen molar-refractivity contribution in [3.8, 4) is 17.2 Å². The molecule has 0 aliphatic carbocycles. The Morgan fingerprint density at radius 3 is 2.59 bits per heavy atom. The fourth-order valence-electron chi connectivity index (χ4n) is 3.00. The Morgan fingerprint density at radius 2 is 2.00 bits per heavy atom. The number of rotatable bonds is 9. The van der Waals surface area contributed by atoms with E-state index in [1.165, 1.54) is 32.4 Å². The molecule has 10 nitrogen and oxygen atoms in total. The number of nitrogens with zero attached hydrogens (tertiary/aromatic N) is 3. The summed E-state index contributed by atoms with van der Waals surface area (Å²) in [5, 5.41) is 14.0. The van der Waals surface area contributed by atoms with Crippen molar-refractivity contribution in [1.82, 2.24) is 9.55 Å². The molecule has 0 bridgehead atoms. The van der Waals surface area contributed by atoms with Crippen molar-refractivity contribution in [3.63, 3.8) is 0 Å². The minimum absolute atomic E-state index is 0.0962. The monoisotopic (exact) mass is 444 g/mol. The zero-order chi connectivity index (χ0) is 23.3. The third kappa shape index (κ3) is 4.83. The van der Waals surface area contributed by atoms with Gasteiger partial charge in [0.05, 0.1) is 30.4 Å². The number of hydrogen-bond donors (Lipinski definition) is 1. The summed E-state index contributed by atoms with van der Waals surface area (Å²) in [6.07, 6.45) is 3.15. The highest BCUT2D eigenvalue weighted by Gasteiger charge is 2.25. The van der Waals surface area contributed by atoms with E-state index in [0.717, 1.165) is 12.1 Å². The number of carbonyl (C=O) groups excluding carboxylic acids is 1. The van der Waals surface area contributed by atoms with E-state index < -0.39 is 22.3 Å². The molecule has 1 N–H and O–H groups in total. The van der Waals surface area contributed by atoms with E-state index in [4.69, 9.17) is 14.2 Å². The molecule has 3 aromatic rings. The molecule has 0 spiro atoms. The fraction of sp³-hybridized carbons (Fsp3) is 0.238. The molecule has 3 rings (SSSR count). The average Bonchev–Trinajstić information content (AvgIpc) is 3.19. The maximum absolute atomic E-state index is 14.6. The summed E-state index contributed by atoms with van der Waals surface area (Å²) in [4.78, 5) is 27.7. The molecular formula is C21H21FN4O6. The molecule has 1 aromatic heterocycles. The number of imidazole rings is 1. The molecule has 0 unspecified atom stereocenters. The van der Waals surface area contributed by atoms with Gasteiger partial charge in [0.25, 0.3) is 11.6 Å². The van der Waals surface area contributed by atoms with Gasteiger partial charge in [-0.3, -0.25) is 14.9 Å². The quantitative estimate of drug-likeness (QED) is 0.305. The largest absolute Gasteiger partial charge is 0.493 e. The lowest BCUT2D eigenvalue weighted by Crippen LogP contribution is -2.15. The van der Waals surface area contributed by atoms with Gasteiger partial charge in [-0.2, -0.15) is 0 Å². The van der Waals surface area contributed by atoms with E-state index in [-0.39, 0.29) is 41.7 Å². The number of benzene rings is 2. The molecule has 168 valence electrons. The third-order valence-corrected chi connectivity index (χ3v) is 4.56. The fourth-order valence-corrected chi connectivity index (χ4v) is 3.00. The molecule has 0 atom stereocenters. The van der Waals surface area contributed by atoms with E-state index in [0.29, 0.717) is 5.82 Å². The number of halogens is 1. The van der Waals surface area contributed by atoms with Crippen LogP contribution in [0.4, 0.5) is 15.8 Å². The van der Waals surface area contributed by atoms with Crippen LogP contribution in [0.3, 0.4) is 0 Å². The summed E-state index contributed by atoms with van der Waals surface area (Å²) < 4.78 is 31.7. The number of aromatic nitrogens is 2. The van der Waals surface area contributed by atoms with E-state index >= 15 is 0 Å². The van der Waals surface area contributed by atoms with Crippen LogP contribution in [-0.2, 0) is 4.74 Å². The summed E-state index contributed by atoms with van der Waals surface area (Å²) in [6, 6.07) is 6.39. The van der Waals surface area contributed by atoms with Gasteiger partial charge in [0.2, 0.25) is 0 Å². The van der Waals surface area contributed by atoms with Crippen LogP contribution in [-0.4, -0.2) is 47.8 Å². The Balaban J connectivity index is 1.89. The highest BCUT2D eigenvalue weighted by Crippen LogP contribution is 2.35. The van der Waals surface area contributed by atoms with Crippen molar-refractivity contribution < 1.29 is 28.3 Å². The van der Waals surface area contributed by atoms with Crippen LogP contribution >= 0.6 is 0 Å². The first-order valence-electron chi connectivity index (χ1n) is 9.45. The van der Waals surface area contributed by atoms with Gasteiger partial charge in [-0.05, 0) is 25.1 Å². The topological polar surface area (TPSA) is 118 Å². The number of aryl methyl sites for hydroxylation is 1. The van der Waals surface area contributed by atoms with Crippen LogP contribution in [0.1, 0.15) is 16.2 Å². The molecule has 2 aromatic carbocycles. The average molecular weight is 444 g/mol. The zero-order valence-electron chi connectivity index (χ0n) is 17.6. The second kappa shape index (κ2) is 9.88. The number of anilines is 1. The van der Waals surface area contributed by atoms with Crippen LogP contribution in [0, 0.1) is 22.9 Å². The molecular weight excluding hydrogens is 423 g/mol. The molecule has 32 heavy (non-hydrogen) atoms. The summed E-state index contributed by atoms with van der Waals surface area (Å²) >= 11 is 0. The van der Waals surface area contributed by atoms with Crippen molar-refractivity contribution in [2.45, 2.75) is 6.92 Å². The number of hydrogen-bond acceptors (Lipinski definition) is 7. The second-order valence-electron chi connectivity index (χ2n) is 6.58. The third-order valence-electron chi connectivity index (χ3n) is 4.56. The van der Waals surface area contributed by atoms with Crippen molar-refractivity contribution in [2.24, 2.45) is 0 Å². The van der Waals surface area contributed by atoms with Crippen molar-refractivity contribution >= 4 is 17.3 Å². The SMILES string of the molecule is COCCOc1cc([N+](=O)[O-])c(C(=O)Nc2ccc(-n3ccnc3C)c(F)c2)cc1OC. The highest BCUT2D eigenvalue weighted by atomic mass is 19.1. The molecule has 0 saturated heterocycles. The molecule has 0 aliphatic heterocycles. The molecule has 0 aliphatic rings. The Morgan fingerprint density at radius 1 is 1.22 bits per heavy atom. The highest BCUT2D eigenvalue weighted by molar-refractivity contribution is 6.07. The smallest absolute Gasteiger partial charge is 0.286 e. The van der Waals surface area contributed by atoms with Crippen LogP contribution in [0.2, 0.25) is 0 Å². The van der Waals surface area contributed by atoms with Gasteiger partial charge >= 0.3 is 0 Å². The molecule has 0 radical (unpaired) electrons.